The number of amides is 2. The van der Waals surface area contributed by atoms with E-state index in [2.05, 4.69) is 31.0 Å². The number of hydrogen-bond acceptors (Lipinski definition) is 7. The zero-order valence-corrected chi connectivity index (χ0v) is 15.1. The Hall–Kier alpha value is -3.30. The van der Waals surface area contributed by atoms with Crippen LogP contribution in [-0.4, -0.2) is 47.8 Å². The first-order chi connectivity index (χ1) is 12.5. The smallest absolute Gasteiger partial charge is 0.322 e. The number of rotatable bonds is 5. The summed E-state index contributed by atoms with van der Waals surface area (Å²) in [5.41, 5.74) is 3.45. The first kappa shape index (κ1) is 17.5. The maximum absolute atomic E-state index is 12.7. The van der Waals surface area contributed by atoms with Gasteiger partial charge in [0.15, 0.2) is 5.82 Å². The molecule has 0 unspecified atom stereocenters. The Morgan fingerprint density at radius 1 is 1.31 bits per heavy atom. The Kier molecular flexibility index (Phi) is 4.92. The van der Waals surface area contributed by atoms with Gasteiger partial charge in [0.25, 0.3) is 0 Å². The van der Waals surface area contributed by atoms with E-state index in [0.29, 0.717) is 23.9 Å². The number of benzene rings is 1. The average Bonchev–Trinajstić information content (AvgIpc) is 3.28. The molecule has 0 spiro atoms. The lowest BCUT2D eigenvalue weighted by molar-refractivity contribution is 0.203. The molecule has 1 N–H and O–H groups in total. The van der Waals surface area contributed by atoms with Crippen molar-refractivity contribution < 1.29 is 9.32 Å². The maximum atomic E-state index is 12.7. The zero-order chi connectivity index (χ0) is 18.7. The van der Waals surface area contributed by atoms with Gasteiger partial charge in [-0.15, -0.1) is 5.10 Å². The van der Waals surface area contributed by atoms with Crippen LogP contribution in [0, 0.1) is 20.8 Å². The summed E-state index contributed by atoms with van der Waals surface area (Å²) < 4.78 is 6.64. The predicted octanol–water partition coefficient (Wildman–Crippen LogP) is 2.02. The fourth-order valence-corrected chi connectivity index (χ4v) is 2.47. The molecule has 136 valence electrons. The molecule has 0 saturated heterocycles. The van der Waals surface area contributed by atoms with Gasteiger partial charge in [-0.2, -0.15) is 4.98 Å². The highest BCUT2D eigenvalue weighted by Crippen LogP contribution is 2.23. The highest BCUT2D eigenvalue weighted by Gasteiger charge is 2.17. The van der Waals surface area contributed by atoms with E-state index in [1.54, 1.807) is 16.5 Å². The molecule has 3 aromatic rings. The number of hydrogen-bond donors (Lipinski definition) is 1. The van der Waals surface area contributed by atoms with Crippen molar-refractivity contribution in [1.82, 2.24) is 35.2 Å². The minimum atomic E-state index is -0.250. The molecule has 2 heterocycles. The number of nitrogens with one attached hydrogen (secondary N) is 1. The van der Waals surface area contributed by atoms with Crippen LogP contribution in [0.4, 0.5) is 10.5 Å². The van der Waals surface area contributed by atoms with Crippen LogP contribution in [0.3, 0.4) is 0 Å². The van der Waals surface area contributed by atoms with E-state index in [9.17, 15) is 4.79 Å². The largest absolute Gasteiger partial charge is 0.337 e. The number of carbonyl (C=O) groups excluding carboxylic acids is 1. The van der Waals surface area contributed by atoms with Crippen LogP contribution in [-0.2, 0) is 6.54 Å². The Labute approximate surface area is 150 Å². The third-order valence-corrected chi connectivity index (χ3v) is 4.07. The van der Waals surface area contributed by atoms with E-state index in [1.165, 1.54) is 6.33 Å². The molecule has 0 bridgehead atoms. The second-order valence-electron chi connectivity index (χ2n) is 5.87. The molecule has 0 radical (unpaired) electrons. The van der Waals surface area contributed by atoms with E-state index < -0.39 is 0 Å². The number of carbonyl (C=O) groups is 1. The summed E-state index contributed by atoms with van der Waals surface area (Å²) in [4.78, 5) is 18.4. The Morgan fingerprint density at radius 2 is 2.12 bits per heavy atom. The van der Waals surface area contributed by atoms with Gasteiger partial charge in [-0.1, -0.05) is 5.16 Å². The van der Waals surface area contributed by atoms with Crippen molar-refractivity contribution in [3.8, 4) is 5.69 Å². The van der Waals surface area contributed by atoms with E-state index in [1.807, 2.05) is 32.9 Å². The summed E-state index contributed by atoms with van der Waals surface area (Å²) >= 11 is 0. The van der Waals surface area contributed by atoms with Crippen LogP contribution in [0.15, 0.2) is 23.0 Å². The summed E-state index contributed by atoms with van der Waals surface area (Å²) in [6, 6.07) is 3.54. The lowest BCUT2D eigenvalue weighted by Gasteiger charge is -2.21. The maximum Gasteiger partial charge on any atom is 0.322 e. The summed E-state index contributed by atoms with van der Waals surface area (Å²) in [5, 5.41) is 17.9. The van der Waals surface area contributed by atoms with Crippen LogP contribution in [0.1, 0.15) is 29.8 Å². The molecule has 0 aliphatic heterocycles. The van der Waals surface area contributed by atoms with Crippen LogP contribution in [0.2, 0.25) is 0 Å². The second kappa shape index (κ2) is 7.30. The molecule has 0 fully saturated rings. The number of anilines is 1. The molecule has 2 aromatic heterocycles. The average molecular weight is 356 g/mol. The van der Waals surface area contributed by atoms with Crippen molar-refractivity contribution in [2.75, 3.05) is 11.9 Å². The lowest BCUT2D eigenvalue weighted by Crippen LogP contribution is -2.34. The van der Waals surface area contributed by atoms with Crippen molar-refractivity contribution in [2.24, 2.45) is 0 Å². The Bertz CT molecular complexity index is 903. The SMILES string of the molecule is CCN(Cc1nc(C)no1)C(=O)Nc1cc(-n2cnnn2)cc(C)c1C. The number of urea groups is 1. The van der Waals surface area contributed by atoms with Gasteiger partial charge >= 0.3 is 6.03 Å². The van der Waals surface area contributed by atoms with Crippen LogP contribution in [0.5, 0.6) is 0 Å². The quantitative estimate of drug-likeness (QED) is 0.743. The van der Waals surface area contributed by atoms with Crippen LogP contribution < -0.4 is 5.32 Å². The van der Waals surface area contributed by atoms with E-state index in [4.69, 9.17) is 4.52 Å². The fourth-order valence-electron chi connectivity index (χ4n) is 2.47. The summed E-state index contributed by atoms with van der Waals surface area (Å²) in [5.74, 6) is 0.937. The third kappa shape index (κ3) is 3.68. The van der Waals surface area contributed by atoms with Crippen LogP contribution >= 0.6 is 0 Å². The highest BCUT2D eigenvalue weighted by molar-refractivity contribution is 5.90. The molecule has 2 amide bonds. The van der Waals surface area contributed by atoms with Crippen molar-refractivity contribution in [1.29, 1.82) is 0 Å². The number of tetrazole rings is 1. The predicted molar refractivity (Wildman–Crippen MR) is 92.8 cm³/mol. The second-order valence-corrected chi connectivity index (χ2v) is 5.87. The molecule has 10 nitrogen and oxygen atoms in total. The number of aromatic nitrogens is 6. The van der Waals surface area contributed by atoms with Gasteiger partial charge in [-0.05, 0) is 61.4 Å². The van der Waals surface area contributed by atoms with E-state index >= 15 is 0 Å². The minimum absolute atomic E-state index is 0.244. The summed E-state index contributed by atoms with van der Waals surface area (Å²) in [7, 11) is 0. The van der Waals surface area contributed by atoms with Gasteiger partial charge in [0.1, 0.15) is 12.9 Å². The molecule has 0 aliphatic carbocycles. The van der Waals surface area contributed by atoms with Gasteiger partial charge in [0.2, 0.25) is 5.89 Å². The van der Waals surface area contributed by atoms with Gasteiger partial charge < -0.3 is 14.7 Å². The molecule has 0 saturated carbocycles. The third-order valence-electron chi connectivity index (χ3n) is 4.07. The van der Waals surface area contributed by atoms with Crippen molar-refractivity contribution in [2.45, 2.75) is 34.2 Å². The molecule has 0 aliphatic rings. The molecule has 26 heavy (non-hydrogen) atoms. The van der Waals surface area contributed by atoms with Gasteiger partial charge in [0, 0.05) is 12.2 Å². The number of aryl methyl sites for hydroxylation is 2. The minimum Gasteiger partial charge on any atom is -0.337 e. The van der Waals surface area contributed by atoms with Gasteiger partial charge in [0.05, 0.1) is 5.69 Å². The van der Waals surface area contributed by atoms with Crippen molar-refractivity contribution >= 4 is 11.7 Å². The summed E-state index contributed by atoms with van der Waals surface area (Å²) in [6.45, 7) is 8.29. The molecule has 1 aromatic carbocycles. The first-order valence-corrected chi connectivity index (χ1v) is 8.17. The van der Waals surface area contributed by atoms with Crippen LogP contribution in [0.25, 0.3) is 5.69 Å². The van der Waals surface area contributed by atoms with Crippen molar-refractivity contribution in [3.05, 3.63) is 41.3 Å². The standard InChI is InChI=1S/C16H20N8O2/c1-5-23(8-15-18-12(4)20-26-15)16(25)19-14-7-13(6-10(2)11(14)3)24-9-17-21-22-24/h6-7,9H,5,8H2,1-4H3,(H,19,25). The number of nitrogens with zero attached hydrogens (tertiary/aromatic N) is 7. The highest BCUT2D eigenvalue weighted by atomic mass is 16.5. The monoisotopic (exact) mass is 356 g/mol. The Morgan fingerprint density at radius 3 is 2.73 bits per heavy atom. The van der Waals surface area contributed by atoms with E-state index in [0.717, 1.165) is 16.8 Å². The topological polar surface area (TPSA) is 115 Å². The molecule has 0 atom stereocenters. The molecule has 3 rings (SSSR count). The zero-order valence-electron chi connectivity index (χ0n) is 15.1. The van der Waals surface area contributed by atoms with Gasteiger partial charge in [-0.25, -0.2) is 9.48 Å². The van der Waals surface area contributed by atoms with Crippen molar-refractivity contribution in [3.63, 3.8) is 0 Å². The first-order valence-electron chi connectivity index (χ1n) is 8.17. The van der Waals surface area contributed by atoms with Gasteiger partial charge in [-0.3, -0.25) is 0 Å². The lowest BCUT2D eigenvalue weighted by atomic mass is 10.1. The summed E-state index contributed by atoms with van der Waals surface area (Å²) in [6.07, 6.45) is 1.51. The Balaban J connectivity index is 1.81. The van der Waals surface area contributed by atoms with E-state index in [-0.39, 0.29) is 12.6 Å². The fraction of sp³-hybridized carbons (Fsp3) is 0.375. The molecular formula is C16H20N8O2. The molecule has 10 heteroatoms. The normalized spacial score (nSPS) is 10.8. The molecular weight excluding hydrogens is 336 g/mol.